The molecule has 2 saturated carbocycles. The molecule has 1 atom stereocenters. The summed E-state index contributed by atoms with van der Waals surface area (Å²) in [6.07, 6.45) is 14.1. The third-order valence-corrected chi connectivity index (χ3v) is 7.74. The molecule has 2 aliphatic rings. The SMILES string of the molecule is CC(C(=O)NC1CCC(CC2CCC(N)CC2)CC1)c1ccc(NC(=O)c2cccnc2)cc1. The van der Waals surface area contributed by atoms with Crippen LogP contribution in [0.25, 0.3) is 0 Å². The Bertz CT molecular complexity index is 931. The van der Waals surface area contributed by atoms with Gasteiger partial charge >= 0.3 is 0 Å². The van der Waals surface area contributed by atoms with E-state index in [2.05, 4.69) is 15.6 Å². The highest BCUT2D eigenvalue weighted by molar-refractivity contribution is 6.04. The highest BCUT2D eigenvalue weighted by Gasteiger charge is 2.27. The van der Waals surface area contributed by atoms with E-state index in [4.69, 9.17) is 5.73 Å². The zero-order chi connectivity index (χ0) is 23.9. The van der Waals surface area contributed by atoms with Crippen molar-refractivity contribution < 1.29 is 9.59 Å². The van der Waals surface area contributed by atoms with Gasteiger partial charge in [0.05, 0.1) is 11.5 Å². The number of hydrogen-bond donors (Lipinski definition) is 3. The minimum Gasteiger partial charge on any atom is -0.353 e. The van der Waals surface area contributed by atoms with Crippen LogP contribution in [0.2, 0.25) is 0 Å². The van der Waals surface area contributed by atoms with Crippen LogP contribution in [0.15, 0.2) is 48.8 Å². The second kappa shape index (κ2) is 11.6. The maximum Gasteiger partial charge on any atom is 0.257 e. The lowest BCUT2D eigenvalue weighted by Crippen LogP contribution is -2.40. The first-order valence-corrected chi connectivity index (χ1v) is 12.8. The molecule has 182 valence electrons. The van der Waals surface area contributed by atoms with E-state index in [1.54, 1.807) is 18.3 Å². The zero-order valence-electron chi connectivity index (χ0n) is 20.2. The first-order chi connectivity index (χ1) is 16.5. The Morgan fingerprint density at radius 2 is 1.62 bits per heavy atom. The number of carbonyl (C=O) groups excluding carboxylic acids is 2. The molecule has 0 radical (unpaired) electrons. The van der Waals surface area contributed by atoms with Crippen LogP contribution in [0.3, 0.4) is 0 Å². The number of rotatable bonds is 7. The second-order valence-corrected chi connectivity index (χ2v) is 10.3. The van der Waals surface area contributed by atoms with Crippen molar-refractivity contribution in [3.8, 4) is 0 Å². The first-order valence-electron chi connectivity index (χ1n) is 12.8. The molecule has 1 unspecified atom stereocenters. The summed E-state index contributed by atoms with van der Waals surface area (Å²) in [5.41, 5.74) is 8.20. The van der Waals surface area contributed by atoms with E-state index in [1.807, 2.05) is 31.2 Å². The highest BCUT2D eigenvalue weighted by Crippen LogP contribution is 2.35. The van der Waals surface area contributed by atoms with E-state index in [0.29, 0.717) is 17.3 Å². The predicted molar refractivity (Wildman–Crippen MR) is 135 cm³/mol. The van der Waals surface area contributed by atoms with E-state index in [9.17, 15) is 9.59 Å². The highest BCUT2D eigenvalue weighted by atomic mass is 16.2. The molecule has 4 rings (SSSR count). The van der Waals surface area contributed by atoms with Crippen LogP contribution in [0.4, 0.5) is 5.69 Å². The lowest BCUT2D eigenvalue weighted by Gasteiger charge is -2.34. The van der Waals surface area contributed by atoms with Gasteiger partial charge in [-0.05, 0) is 106 Å². The average molecular weight is 463 g/mol. The van der Waals surface area contributed by atoms with Crippen LogP contribution in [0, 0.1) is 11.8 Å². The number of nitrogens with one attached hydrogen (secondary N) is 2. The fourth-order valence-corrected chi connectivity index (χ4v) is 5.47. The van der Waals surface area contributed by atoms with Crippen molar-refractivity contribution in [1.82, 2.24) is 10.3 Å². The van der Waals surface area contributed by atoms with Crippen LogP contribution in [-0.4, -0.2) is 28.9 Å². The Labute approximate surface area is 203 Å². The van der Waals surface area contributed by atoms with Crippen molar-refractivity contribution >= 4 is 17.5 Å². The Kier molecular flexibility index (Phi) is 8.33. The lowest BCUT2D eigenvalue weighted by molar-refractivity contribution is -0.123. The van der Waals surface area contributed by atoms with Crippen LogP contribution >= 0.6 is 0 Å². The van der Waals surface area contributed by atoms with Gasteiger partial charge in [0, 0.05) is 30.2 Å². The Morgan fingerprint density at radius 1 is 0.971 bits per heavy atom. The second-order valence-electron chi connectivity index (χ2n) is 10.3. The van der Waals surface area contributed by atoms with Gasteiger partial charge in [-0.15, -0.1) is 0 Å². The number of amides is 2. The summed E-state index contributed by atoms with van der Waals surface area (Å²) in [6, 6.07) is 11.7. The average Bonchev–Trinajstić information content (AvgIpc) is 2.87. The Balaban J connectivity index is 1.21. The van der Waals surface area contributed by atoms with Gasteiger partial charge in [0.25, 0.3) is 5.91 Å². The molecular weight excluding hydrogens is 424 g/mol. The van der Waals surface area contributed by atoms with Gasteiger partial charge in [0.1, 0.15) is 0 Å². The van der Waals surface area contributed by atoms with Gasteiger partial charge in [-0.25, -0.2) is 0 Å². The minimum atomic E-state index is -0.229. The predicted octanol–water partition coefficient (Wildman–Crippen LogP) is 5.02. The number of pyridine rings is 1. The molecule has 2 amide bonds. The molecule has 1 aromatic carbocycles. The molecule has 0 aliphatic heterocycles. The molecule has 34 heavy (non-hydrogen) atoms. The van der Waals surface area contributed by atoms with Crippen molar-refractivity contribution in [1.29, 1.82) is 0 Å². The van der Waals surface area contributed by atoms with Gasteiger partial charge < -0.3 is 16.4 Å². The molecule has 0 spiro atoms. The van der Waals surface area contributed by atoms with Crippen molar-refractivity contribution in [2.75, 3.05) is 5.32 Å². The smallest absolute Gasteiger partial charge is 0.257 e. The van der Waals surface area contributed by atoms with Gasteiger partial charge in [0.2, 0.25) is 5.91 Å². The molecule has 0 bridgehead atoms. The molecular formula is C28H38N4O2. The number of nitrogens with zero attached hydrogens (tertiary/aromatic N) is 1. The van der Waals surface area contributed by atoms with Crippen molar-refractivity contribution in [2.45, 2.75) is 82.7 Å². The maximum atomic E-state index is 12.9. The molecule has 2 aliphatic carbocycles. The zero-order valence-corrected chi connectivity index (χ0v) is 20.2. The monoisotopic (exact) mass is 462 g/mol. The van der Waals surface area contributed by atoms with E-state index in [1.165, 1.54) is 51.1 Å². The molecule has 0 saturated heterocycles. The van der Waals surface area contributed by atoms with Crippen LogP contribution in [-0.2, 0) is 4.79 Å². The first kappa shape index (κ1) is 24.4. The summed E-state index contributed by atoms with van der Waals surface area (Å²) in [7, 11) is 0. The van der Waals surface area contributed by atoms with E-state index < -0.39 is 0 Å². The molecule has 1 heterocycles. The summed E-state index contributed by atoms with van der Waals surface area (Å²) in [4.78, 5) is 29.2. The summed E-state index contributed by atoms with van der Waals surface area (Å²) in [5.74, 6) is 1.31. The number of benzene rings is 1. The molecule has 6 nitrogen and oxygen atoms in total. The van der Waals surface area contributed by atoms with Crippen LogP contribution in [0.5, 0.6) is 0 Å². The van der Waals surface area contributed by atoms with Crippen LogP contribution in [0.1, 0.15) is 86.6 Å². The van der Waals surface area contributed by atoms with E-state index in [0.717, 1.165) is 30.2 Å². The summed E-state index contributed by atoms with van der Waals surface area (Å²) < 4.78 is 0. The minimum absolute atomic E-state index is 0.0804. The quantitative estimate of drug-likeness (QED) is 0.538. The van der Waals surface area contributed by atoms with Gasteiger partial charge in [-0.2, -0.15) is 0 Å². The fourth-order valence-electron chi connectivity index (χ4n) is 5.47. The van der Waals surface area contributed by atoms with E-state index in [-0.39, 0.29) is 23.8 Å². The van der Waals surface area contributed by atoms with Gasteiger partial charge in [-0.1, -0.05) is 12.1 Å². The number of aromatic nitrogens is 1. The summed E-state index contributed by atoms with van der Waals surface area (Å²) in [5, 5.41) is 6.15. The number of anilines is 1. The number of nitrogens with two attached hydrogens (primary N) is 1. The van der Waals surface area contributed by atoms with Crippen molar-refractivity contribution in [3.05, 3.63) is 59.9 Å². The molecule has 1 aromatic heterocycles. The van der Waals surface area contributed by atoms with Crippen molar-refractivity contribution in [3.63, 3.8) is 0 Å². The normalized spacial score (nSPS) is 25.8. The van der Waals surface area contributed by atoms with E-state index >= 15 is 0 Å². The molecule has 6 heteroatoms. The summed E-state index contributed by atoms with van der Waals surface area (Å²) in [6.45, 7) is 1.94. The van der Waals surface area contributed by atoms with Gasteiger partial charge in [0.15, 0.2) is 0 Å². The summed E-state index contributed by atoms with van der Waals surface area (Å²) >= 11 is 0. The van der Waals surface area contributed by atoms with Gasteiger partial charge in [-0.3, -0.25) is 14.6 Å². The largest absolute Gasteiger partial charge is 0.353 e. The molecule has 2 fully saturated rings. The Morgan fingerprint density at radius 3 is 2.24 bits per heavy atom. The third-order valence-electron chi connectivity index (χ3n) is 7.74. The number of hydrogen-bond acceptors (Lipinski definition) is 4. The number of carbonyl (C=O) groups is 2. The molecule has 2 aromatic rings. The fraction of sp³-hybridized carbons (Fsp3) is 0.536. The lowest BCUT2D eigenvalue weighted by atomic mass is 9.76. The molecule has 4 N–H and O–H groups in total. The topological polar surface area (TPSA) is 97.1 Å². The Hall–Kier alpha value is -2.73. The third kappa shape index (κ3) is 6.66. The van der Waals surface area contributed by atoms with Crippen LogP contribution < -0.4 is 16.4 Å². The standard InChI is InChI=1S/C28H38N4O2/c1-19(22-8-14-26(15-9-22)32-28(34)23-3-2-16-30-18-23)27(33)31-25-12-6-21(7-13-25)17-20-4-10-24(29)11-5-20/h2-3,8-9,14-16,18-21,24-25H,4-7,10-13,17,29H2,1H3,(H,31,33)(H,32,34). The van der Waals surface area contributed by atoms with Crippen molar-refractivity contribution in [2.24, 2.45) is 17.6 Å². The maximum absolute atomic E-state index is 12.9.